The van der Waals surface area contributed by atoms with E-state index in [1.165, 1.54) is 12.1 Å². The quantitative estimate of drug-likeness (QED) is 0.508. The minimum absolute atomic E-state index is 0.110. The average Bonchev–Trinajstić information content (AvgIpc) is 2.32. The number of likely N-dealkylation sites (N-methyl/N-ethyl adjacent to an activating group) is 1. The van der Waals surface area contributed by atoms with Crippen LogP contribution in [0.4, 0.5) is 0 Å². The van der Waals surface area contributed by atoms with Crippen LogP contribution in [0.2, 0.25) is 0 Å². The third kappa shape index (κ3) is 4.42. The molecule has 0 saturated carbocycles. The van der Waals surface area contributed by atoms with Gasteiger partial charge in [-0.2, -0.15) is 0 Å². The summed E-state index contributed by atoms with van der Waals surface area (Å²) >= 11 is 0. The summed E-state index contributed by atoms with van der Waals surface area (Å²) in [5.74, 6) is -0.824. The highest BCUT2D eigenvalue weighted by atomic mass is 16.5. The zero-order valence-electron chi connectivity index (χ0n) is 9.40. The highest BCUT2D eigenvalue weighted by molar-refractivity contribution is 6.35. The maximum atomic E-state index is 11.1. The summed E-state index contributed by atoms with van der Waals surface area (Å²) in [7, 11) is 0. The number of nitrogens with one attached hydrogen (secondary N) is 2. The summed E-state index contributed by atoms with van der Waals surface area (Å²) in [4.78, 5) is 22.2. The van der Waals surface area contributed by atoms with Gasteiger partial charge in [0.25, 0.3) is 0 Å². The molecule has 0 radical (unpaired) electrons. The fourth-order valence-electron chi connectivity index (χ4n) is 1.05. The van der Waals surface area contributed by atoms with Gasteiger partial charge in [0.2, 0.25) is 0 Å². The number of hydrogen-bond donors (Lipinski definition) is 3. The summed E-state index contributed by atoms with van der Waals surface area (Å²) in [6.45, 7) is 2.00. The molecule has 3 N–H and O–H groups in total. The Balaban J connectivity index is 2.30. The van der Waals surface area contributed by atoms with Crippen molar-refractivity contribution in [2.24, 2.45) is 0 Å². The van der Waals surface area contributed by atoms with E-state index in [1.54, 1.807) is 19.1 Å². The van der Waals surface area contributed by atoms with Crippen LogP contribution in [0.3, 0.4) is 0 Å². The van der Waals surface area contributed by atoms with Crippen LogP contribution < -0.4 is 15.4 Å². The molecule has 0 aliphatic heterocycles. The molecule has 0 aliphatic rings. The molecule has 1 aromatic carbocycles. The smallest absolute Gasteiger partial charge is 0.311 e. The zero-order valence-corrected chi connectivity index (χ0v) is 9.40. The molecule has 0 unspecified atom stereocenters. The van der Waals surface area contributed by atoms with Crippen LogP contribution in [0.15, 0.2) is 24.3 Å². The van der Waals surface area contributed by atoms with E-state index in [0.29, 0.717) is 12.3 Å². The molecule has 1 rings (SSSR count). The van der Waals surface area contributed by atoms with Crippen LogP contribution >= 0.6 is 0 Å². The second-order valence-corrected chi connectivity index (χ2v) is 3.15. The Hall–Kier alpha value is -2.24. The predicted octanol–water partition coefficient (Wildman–Crippen LogP) is -0.0192. The number of phenolic OH excluding ortho intramolecular Hbond substituents is 1. The minimum atomic E-state index is -0.745. The van der Waals surface area contributed by atoms with Gasteiger partial charge in [0.15, 0.2) is 6.73 Å². The molecule has 0 atom stereocenters. The first-order valence-electron chi connectivity index (χ1n) is 5.11. The van der Waals surface area contributed by atoms with Gasteiger partial charge in [-0.25, -0.2) is 0 Å². The van der Waals surface area contributed by atoms with Crippen LogP contribution in [0.5, 0.6) is 11.5 Å². The largest absolute Gasteiger partial charge is 0.508 e. The second-order valence-electron chi connectivity index (χ2n) is 3.15. The van der Waals surface area contributed by atoms with Crippen molar-refractivity contribution in [1.82, 2.24) is 10.6 Å². The first kappa shape index (κ1) is 12.8. The highest BCUT2D eigenvalue weighted by Gasteiger charge is 2.10. The highest BCUT2D eigenvalue weighted by Crippen LogP contribution is 2.15. The van der Waals surface area contributed by atoms with E-state index in [1.807, 2.05) is 0 Å². The van der Waals surface area contributed by atoms with Gasteiger partial charge in [0.1, 0.15) is 11.5 Å². The standard InChI is InChI=1S/C11H14N2O4/c1-2-12-10(15)11(16)13-7-17-9-5-3-8(14)4-6-9/h3-6,14H,2,7H2,1H3,(H,12,15)(H,13,16). The number of benzene rings is 1. The molecule has 2 amide bonds. The van der Waals surface area contributed by atoms with Gasteiger partial charge >= 0.3 is 11.8 Å². The van der Waals surface area contributed by atoms with Crippen molar-refractivity contribution in [1.29, 1.82) is 0 Å². The number of hydrogen-bond acceptors (Lipinski definition) is 4. The van der Waals surface area contributed by atoms with Gasteiger partial charge in [-0.15, -0.1) is 0 Å². The van der Waals surface area contributed by atoms with Gasteiger partial charge in [0.05, 0.1) is 0 Å². The Kier molecular flexibility index (Phi) is 4.80. The number of carbonyl (C=O) groups excluding carboxylic acids is 2. The summed E-state index contributed by atoms with van der Waals surface area (Å²) in [6.07, 6.45) is 0. The van der Waals surface area contributed by atoms with Gasteiger partial charge < -0.3 is 20.5 Å². The van der Waals surface area contributed by atoms with Gasteiger partial charge in [0, 0.05) is 6.54 Å². The van der Waals surface area contributed by atoms with E-state index in [9.17, 15) is 9.59 Å². The van der Waals surface area contributed by atoms with E-state index in [2.05, 4.69) is 10.6 Å². The van der Waals surface area contributed by atoms with Crippen LogP contribution in [-0.2, 0) is 9.59 Å². The average molecular weight is 238 g/mol. The lowest BCUT2D eigenvalue weighted by molar-refractivity contribution is -0.139. The van der Waals surface area contributed by atoms with Crippen molar-refractivity contribution in [2.75, 3.05) is 13.3 Å². The van der Waals surface area contributed by atoms with E-state index in [4.69, 9.17) is 9.84 Å². The third-order valence-corrected chi connectivity index (χ3v) is 1.85. The molecule has 1 aromatic rings. The Morgan fingerprint density at radius 2 is 1.76 bits per heavy atom. The number of ether oxygens (including phenoxy) is 1. The maximum Gasteiger partial charge on any atom is 0.311 e. The maximum absolute atomic E-state index is 11.1. The van der Waals surface area contributed by atoms with Gasteiger partial charge in [-0.1, -0.05) is 0 Å². The topological polar surface area (TPSA) is 87.7 Å². The van der Waals surface area contributed by atoms with E-state index in [0.717, 1.165) is 0 Å². The molecule has 0 fully saturated rings. The number of phenols is 1. The molecular formula is C11H14N2O4. The summed E-state index contributed by atoms with van der Waals surface area (Å²) in [6, 6.07) is 6.02. The predicted molar refractivity (Wildman–Crippen MR) is 60.4 cm³/mol. The van der Waals surface area contributed by atoms with Crippen molar-refractivity contribution >= 4 is 11.8 Å². The van der Waals surface area contributed by atoms with Gasteiger partial charge in [-0.05, 0) is 31.2 Å². The number of aromatic hydroxyl groups is 1. The summed E-state index contributed by atoms with van der Waals surface area (Å²) < 4.78 is 5.14. The molecule has 0 aliphatic carbocycles. The van der Waals surface area contributed by atoms with Crippen LogP contribution in [0, 0.1) is 0 Å². The van der Waals surface area contributed by atoms with Crippen molar-refractivity contribution in [3.8, 4) is 11.5 Å². The molecule has 0 spiro atoms. The molecule has 6 nitrogen and oxygen atoms in total. The first-order valence-corrected chi connectivity index (χ1v) is 5.11. The molecule has 17 heavy (non-hydrogen) atoms. The van der Waals surface area contributed by atoms with Crippen molar-refractivity contribution < 1.29 is 19.4 Å². The van der Waals surface area contributed by atoms with Crippen molar-refractivity contribution in [3.05, 3.63) is 24.3 Å². The van der Waals surface area contributed by atoms with Crippen LogP contribution in [0.1, 0.15) is 6.92 Å². The number of rotatable bonds is 4. The normalized spacial score (nSPS) is 9.47. The van der Waals surface area contributed by atoms with Crippen LogP contribution in [-0.4, -0.2) is 30.2 Å². The number of amides is 2. The lowest BCUT2D eigenvalue weighted by Crippen LogP contribution is -2.41. The minimum Gasteiger partial charge on any atom is -0.508 e. The third-order valence-electron chi connectivity index (χ3n) is 1.85. The summed E-state index contributed by atoms with van der Waals surface area (Å²) in [5, 5.41) is 13.7. The number of carbonyl (C=O) groups is 2. The Morgan fingerprint density at radius 1 is 1.18 bits per heavy atom. The Morgan fingerprint density at radius 3 is 2.35 bits per heavy atom. The van der Waals surface area contributed by atoms with Crippen LogP contribution in [0.25, 0.3) is 0 Å². The lowest BCUT2D eigenvalue weighted by Gasteiger charge is -2.07. The fourth-order valence-corrected chi connectivity index (χ4v) is 1.05. The fraction of sp³-hybridized carbons (Fsp3) is 0.273. The van der Waals surface area contributed by atoms with E-state index < -0.39 is 11.8 Å². The molecule has 0 heterocycles. The molecule has 92 valence electrons. The second kappa shape index (κ2) is 6.37. The van der Waals surface area contributed by atoms with Gasteiger partial charge in [-0.3, -0.25) is 9.59 Å². The van der Waals surface area contributed by atoms with E-state index in [-0.39, 0.29) is 12.5 Å². The monoisotopic (exact) mass is 238 g/mol. The molecule has 0 aromatic heterocycles. The molecular weight excluding hydrogens is 224 g/mol. The molecule has 6 heteroatoms. The van der Waals surface area contributed by atoms with Crippen molar-refractivity contribution in [3.63, 3.8) is 0 Å². The Bertz CT molecular complexity index is 389. The SMILES string of the molecule is CCNC(=O)C(=O)NCOc1ccc(O)cc1. The summed E-state index contributed by atoms with van der Waals surface area (Å²) in [5.41, 5.74) is 0. The molecule has 0 bridgehead atoms. The Labute approximate surface area is 98.6 Å². The van der Waals surface area contributed by atoms with E-state index >= 15 is 0 Å². The molecule has 0 saturated heterocycles. The first-order chi connectivity index (χ1) is 8.13. The lowest BCUT2D eigenvalue weighted by atomic mass is 10.3. The van der Waals surface area contributed by atoms with Crippen molar-refractivity contribution in [2.45, 2.75) is 6.92 Å². The zero-order chi connectivity index (χ0) is 12.7.